The number of hydrazone groups is 1. The van der Waals surface area contributed by atoms with E-state index < -0.39 is 5.41 Å². The van der Waals surface area contributed by atoms with Crippen molar-refractivity contribution in [3.63, 3.8) is 0 Å². The van der Waals surface area contributed by atoms with Gasteiger partial charge in [-0.3, -0.25) is 0 Å². The van der Waals surface area contributed by atoms with E-state index in [0.717, 1.165) is 22.3 Å². The van der Waals surface area contributed by atoms with Gasteiger partial charge >= 0.3 is 0 Å². The molecule has 0 aromatic heterocycles. The minimum atomic E-state index is -0.693. The van der Waals surface area contributed by atoms with Crippen molar-refractivity contribution in [1.82, 2.24) is 5.01 Å². The fraction of sp³-hybridized carbons (Fsp3) is 0.0952. The highest BCUT2D eigenvalue weighted by Gasteiger charge is 2.59. The molecule has 0 saturated carbocycles. The van der Waals surface area contributed by atoms with Crippen molar-refractivity contribution in [2.75, 3.05) is 0 Å². The number of allylic oxidation sites excluding steroid dienone is 2. The lowest BCUT2D eigenvalue weighted by Crippen LogP contribution is -2.42. The fourth-order valence-corrected chi connectivity index (χ4v) is 4.50. The van der Waals surface area contributed by atoms with Crippen molar-refractivity contribution >= 4 is 6.21 Å². The van der Waals surface area contributed by atoms with Crippen LogP contribution in [0.3, 0.4) is 0 Å². The van der Waals surface area contributed by atoms with Gasteiger partial charge in [-0.15, -0.1) is 0 Å². The molecule has 0 bridgehead atoms. The molecule has 1 atom stereocenters. The topological polar surface area (TPSA) is 63.2 Å². The van der Waals surface area contributed by atoms with Crippen molar-refractivity contribution in [3.05, 3.63) is 83.1 Å². The first-order chi connectivity index (χ1) is 12.3. The number of hydrogen-bond donors (Lipinski definition) is 0. The zero-order chi connectivity index (χ0) is 17.0. The summed E-state index contributed by atoms with van der Waals surface area (Å²) in [6.45, 7) is 0. The number of hydrogen-bond acceptors (Lipinski definition) is 4. The molecule has 5 rings (SSSR count). The SMILES string of the molecule is N#CC1=C(C#N)C2(c3ccccc3-c3ccccc32)C2C=CC=NN12. The van der Waals surface area contributed by atoms with Gasteiger partial charge in [0.2, 0.25) is 0 Å². The predicted molar refractivity (Wildman–Crippen MR) is 94.2 cm³/mol. The van der Waals surface area contributed by atoms with Gasteiger partial charge in [-0.2, -0.15) is 15.6 Å². The zero-order valence-electron chi connectivity index (χ0n) is 13.2. The van der Waals surface area contributed by atoms with Gasteiger partial charge in [-0.1, -0.05) is 54.6 Å². The van der Waals surface area contributed by atoms with E-state index in [2.05, 4.69) is 41.5 Å². The second-order valence-electron chi connectivity index (χ2n) is 6.29. The van der Waals surface area contributed by atoms with E-state index in [0.29, 0.717) is 11.3 Å². The summed E-state index contributed by atoms with van der Waals surface area (Å²) in [5, 5.41) is 25.9. The average molecular weight is 320 g/mol. The van der Waals surface area contributed by atoms with Crippen LogP contribution in [-0.4, -0.2) is 17.3 Å². The molecule has 2 aromatic carbocycles. The van der Waals surface area contributed by atoms with Crippen LogP contribution in [0.1, 0.15) is 11.1 Å². The minimum absolute atomic E-state index is 0.216. The molecular formula is C21H12N4. The number of benzene rings is 2. The van der Waals surface area contributed by atoms with Crippen LogP contribution in [-0.2, 0) is 5.41 Å². The third-order valence-electron chi connectivity index (χ3n) is 5.35. The Morgan fingerprint density at radius 2 is 1.56 bits per heavy atom. The Balaban J connectivity index is 1.97. The third kappa shape index (κ3) is 1.43. The van der Waals surface area contributed by atoms with Crippen LogP contribution in [0.15, 0.2) is 77.1 Å². The maximum Gasteiger partial charge on any atom is 0.152 e. The van der Waals surface area contributed by atoms with Gasteiger partial charge in [-0.25, -0.2) is 5.01 Å². The van der Waals surface area contributed by atoms with E-state index in [4.69, 9.17) is 0 Å². The van der Waals surface area contributed by atoms with Crippen molar-refractivity contribution in [2.45, 2.75) is 11.5 Å². The van der Waals surface area contributed by atoms with Crippen molar-refractivity contribution in [1.29, 1.82) is 10.5 Å². The van der Waals surface area contributed by atoms with E-state index in [-0.39, 0.29) is 6.04 Å². The molecule has 4 nitrogen and oxygen atoms in total. The molecule has 2 aliphatic heterocycles. The molecule has 1 spiro atoms. The number of nitriles is 2. The maximum atomic E-state index is 10.0. The van der Waals surface area contributed by atoms with Crippen LogP contribution in [0.4, 0.5) is 0 Å². The van der Waals surface area contributed by atoms with Gasteiger partial charge in [0.05, 0.1) is 23.1 Å². The highest BCUT2D eigenvalue weighted by molar-refractivity contribution is 5.87. The van der Waals surface area contributed by atoms with Crippen LogP contribution < -0.4 is 0 Å². The summed E-state index contributed by atoms with van der Waals surface area (Å²) in [5.74, 6) is 0. The number of rotatable bonds is 0. The molecule has 1 aliphatic carbocycles. The lowest BCUT2D eigenvalue weighted by molar-refractivity contribution is 0.296. The second kappa shape index (κ2) is 4.69. The van der Waals surface area contributed by atoms with Crippen LogP contribution in [0.2, 0.25) is 0 Å². The largest absolute Gasteiger partial charge is 0.245 e. The molecule has 0 radical (unpaired) electrons. The van der Waals surface area contributed by atoms with E-state index in [9.17, 15) is 10.5 Å². The molecular weight excluding hydrogens is 308 g/mol. The highest BCUT2D eigenvalue weighted by atomic mass is 15.5. The molecule has 3 aliphatic rings. The molecule has 116 valence electrons. The quantitative estimate of drug-likeness (QED) is 0.746. The third-order valence-corrected chi connectivity index (χ3v) is 5.35. The molecule has 0 fully saturated rings. The summed E-state index contributed by atoms with van der Waals surface area (Å²) in [6, 6.07) is 20.7. The Labute approximate surface area is 145 Å². The first kappa shape index (κ1) is 13.8. The summed E-state index contributed by atoms with van der Waals surface area (Å²) >= 11 is 0. The smallest absolute Gasteiger partial charge is 0.152 e. The van der Waals surface area contributed by atoms with Gasteiger partial charge in [0.25, 0.3) is 0 Å². The molecule has 2 heterocycles. The number of nitrogens with zero attached hydrogens (tertiary/aromatic N) is 4. The van der Waals surface area contributed by atoms with Crippen molar-refractivity contribution in [2.24, 2.45) is 5.10 Å². The molecule has 25 heavy (non-hydrogen) atoms. The Hall–Kier alpha value is -3.63. The summed E-state index contributed by atoms with van der Waals surface area (Å²) in [4.78, 5) is 0. The van der Waals surface area contributed by atoms with E-state index in [1.165, 1.54) is 0 Å². The van der Waals surface area contributed by atoms with Crippen LogP contribution in [0.5, 0.6) is 0 Å². The van der Waals surface area contributed by atoms with Crippen LogP contribution in [0.25, 0.3) is 11.1 Å². The first-order valence-corrected chi connectivity index (χ1v) is 8.08. The lowest BCUT2D eigenvalue weighted by Gasteiger charge is -2.35. The Kier molecular flexibility index (Phi) is 2.58. The predicted octanol–water partition coefficient (Wildman–Crippen LogP) is 3.49. The van der Waals surface area contributed by atoms with Crippen LogP contribution >= 0.6 is 0 Å². The monoisotopic (exact) mass is 320 g/mol. The lowest BCUT2D eigenvalue weighted by atomic mass is 9.68. The Morgan fingerprint density at radius 1 is 0.920 bits per heavy atom. The standard InChI is InChI=1S/C21H12N4/c22-12-18-19(13-23)25-20(10-5-11-24-25)21(18)16-8-3-1-6-14(16)15-7-2-4-9-17(15)21/h1-11,20H. The van der Waals surface area contributed by atoms with E-state index in [1.807, 2.05) is 36.4 Å². The molecule has 4 heteroatoms. The molecule has 2 aromatic rings. The van der Waals surface area contributed by atoms with E-state index >= 15 is 0 Å². The summed E-state index contributed by atoms with van der Waals surface area (Å²) in [5.41, 5.74) is 4.48. The first-order valence-electron chi connectivity index (χ1n) is 8.08. The average Bonchev–Trinajstić information content (AvgIpc) is 3.14. The maximum absolute atomic E-state index is 10.0. The Bertz CT molecular complexity index is 1050. The summed E-state index contributed by atoms with van der Waals surface area (Å²) in [6.07, 6.45) is 5.59. The fourth-order valence-electron chi connectivity index (χ4n) is 4.50. The van der Waals surface area contributed by atoms with Gasteiger partial charge in [0.1, 0.15) is 6.07 Å². The molecule has 0 amide bonds. The highest BCUT2D eigenvalue weighted by Crippen LogP contribution is 2.59. The van der Waals surface area contributed by atoms with Crippen molar-refractivity contribution in [3.8, 4) is 23.3 Å². The zero-order valence-corrected chi connectivity index (χ0v) is 13.2. The van der Waals surface area contributed by atoms with Gasteiger partial charge in [0, 0.05) is 6.21 Å². The second-order valence-corrected chi connectivity index (χ2v) is 6.29. The van der Waals surface area contributed by atoms with Crippen LogP contribution in [0, 0.1) is 22.7 Å². The minimum Gasteiger partial charge on any atom is -0.245 e. The normalized spacial score (nSPS) is 20.9. The van der Waals surface area contributed by atoms with Gasteiger partial charge in [-0.05, 0) is 28.3 Å². The summed E-state index contributed by atoms with van der Waals surface area (Å²) < 4.78 is 0. The van der Waals surface area contributed by atoms with Gasteiger partial charge in [0.15, 0.2) is 5.70 Å². The molecule has 1 unspecified atom stereocenters. The summed E-state index contributed by atoms with van der Waals surface area (Å²) in [7, 11) is 0. The number of fused-ring (bicyclic) bond motifs is 7. The van der Waals surface area contributed by atoms with Crippen molar-refractivity contribution < 1.29 is 0 Å². The van der Waals surface area contributed by atoms with Gasteiger partial charge < -0.3 is 0 Å². The van der Waals surface area contributed by atoms with E-state index in [1.54, 1.807) is 11.2 Å². The Morgan fingerprint density at radius 3 is 2.16 bits per heavy atom. The molecule has 0 saturated heterocycles. The molecule has 0 N–H and O–H groups in total.